The van der Waals surface area contributed by atoms with Gasteiger partial charge < -0.3 is 5.32 Å². The van der Waals surface area contributed by atoms with Crippen molar-refractivity contribution >= 4 is 12.4 Å². The van der Waals surface area contributed by atoms with Gasteiger partial charge >= 0.3 is 0 Å². The van der Waals surface area contributed by atoms with E-state index in [0.29, 0.717) is 6.54 Å². The normalized spacial score (nSPS) is 42.0. The molecule has 12 heavy (non-hydrogen) atoms. The van der Waals surface area contributed by atoms with Crippen LogP contribution in [0.25, 0.3) is 0 Å². The molecule has 1 saturated carbocycles. The van der Waals surface area contributed by atoms with Gasteiger partial charge in [-0.3, -0.25) is 0 Å². The predicted molar refractivity (Wildman–Crippen MR) is 50.5 cm³/mol. The molecule has 0 aromatic carbocycles. The molecule has 2 atom stereocenters. The first kappa shape index (κ1) is 10.3. The number of nitrogens with one attached hydrogen (secondary N) is 1. The molecule has 2 aliphatic rings. The monoisotopic (exact) mass is 193 g/mol. The number of hydrogen-bond donors (Lipinski definition) is 1. The zero-order valence-corrected chi connectivity index (χ0v) is 8.29. The lowest BCUT2D eigenvalue weighted by Gasteiger charge is -2.40. The summed E-state index contributed by atoms with van der Waals surface area (Å²) in [5, 5.41) is 3.31. The molecule has 1 aliphatic carbocycles. The summed E-state index contributed by atoms with van der Waals surface area (Å²) in [4.78, 5) is 0. The zero-order valence-electron chi connectivity index (χ0n) is 7.48. The first-order chi connectivity index (χ1) is 5.21. The third-order valence-electron chi connectivity index (χ3n) is 3.38. The fraction of sp³-hybridized carbons (Fsp3) is 1.00. The van der Waals surface area contributed by atoms with E-state index in [1.807, 2.05) is 0 Å². The minimum Gasteiger partial charge on any atom is -0.308 e. The first-order valence-electron chi connectivity index (χ1n) is 4.60. The standard InChI is InChI=1S/C9H16FN.ClH/c1-9(7-3-2-4-7)5-8(10)6-11-9;/h7-8,11H,2-6H2,1H3;1H. The van der Waals surface area contributed by atoms with Crippen LogP contribution in [0, 0.1) is 5.92 Å². The van der Waals surface area contributed by atoms with Crippen molar-refractivity contribution in [1.82, 2.24) is 5.32 Å². The second-order valence-electron chi connectivity index (χ2n) is 4.23. The van der Waals surface area contributed by atoms with Gasteiger partial charge in [-0.15, -0.1) is 12.4 Å². The van der Waals surface area contributed by atoms with E-state index in [1.165, 1.54) is 19.3 Å². The van der Waals surface area contributed by atoms with Gasteiger partial charge in [0.05, 0.1) is 0 Å². The molecule has 1 heterocycles. The average Bonchev–Trinajstić information content (AvgIpc) is 2.06. The van der Waals surface area contributed by atoms with Gasteiger partial charge in [0.25, 0.3) is 0 Å². The molecule has 0 spiro atoms. The number of hydrogen-bond acceptors (Lipinski definition) is 1. The van der Waals surface area contributed by atoms with Crippen molar-refractivity contribution in [2.75, 3.05) is 6.54 Å². The van der Waals surface area contributed by atoms with Crippen LogP contribution in [0.5, 0.6) is 0 Å². The Bertz CT molecular complexity index is 161. The first-order valence-corrected chi connectivity index (χ1v) is 4.60. The topological polar surface area (TPSA) is 12.0 Å². The number of rotatable bonds is 1. The quantitative estimate of drug-likeness (QED) is 0.674. The summed E-state index contributed by atoms with van der Waals surface area (Å²) in [6, 6.07) is 0. The van der Waals surface area contributed by atoms with Gasteiger partial charge in [0.1, 0.15) is 6.17 Å². The smallest absolute Gasteiger partial charge is 0.114 e. The van der Waals surface area contributed by atoms with Crippen LogP contribution in [0.1, 0.15) is 32.6 Å². The molecular formula is C9H17ClFN. The van der Waals surface area contributed by atoms with Crippen molar-refractivity contribution in [3.05, 3.63) is 0 Å². The van der Waals surface area contributed by atoms with Gasteiger partial charge in [0.15, 0.2) is 0 Å². The van der Waals surface area contributed by atoms with Crippen LogP contribution in [0.4, 0.5) is 4.39 Å². The van der Waals surface area contributed by atoms with Crippen LogP contribution in [0.2, 0.25) is 0 Å². The second-order valence-corrected chi connectivity index (χ2v) is 4.23. The summed E-state index contributed by atoms with van der Waals surface area (Å²) in [5.41, 5.74) is 0.137. The maximum Gasteiger partial charge on any atom is 0.114 e. The van der Waals surface area contributed by atoms with E-state index in [-0.39, 0.29) is 17.9 Å². The van der Waals surface area contributed by atoms with E-state index >= 15 is 0 Å². The van der Waals surface area contributed by atoms with Crippen molar-refractivity contribution in [2.24, 2.45) is 5.92 Å². The van der Waals surface area contributed by atoms with Crippen molar-refractivity contribution in [1.29, 1.82) is 0 Å². The fourth-order valence-electron chi connectivity index (χ4n) is 2.30. The summed E-state index contributed by atoms with van der Waals surface area (Å²) >= 11 is 0. The summed E-state index contributed by atoms with van der Waals surface area (Å²) in [5.74, 6) is 0.753. The highest BCUT2D eigenvalue weighted by Gasteiger charge is 2.43. The van der Waals surface area contributed by atoms with Gasteiger partial charge in [-0.2, -0.15) is 0 Å². The van der Waals surface area contributed by atoms with Gasteiger partial charge in [-0.05, 0) is 32.1 Å². The van der Waals surface area contributed by atoms with Crippen molar-refractivity contribution < 1.29 is 4.39 Å². The number of halogens is 2. The van der Waals surface area contributed by atoms with Crippen LogP contribution in [-0.4, -0.2) is 18.3 Å². The Morgan fingerprint density at radius 2 is 2.08 bits per heavy atom. The molecule has 0 amide bonds. The van der Waals surface area contributed by atoms with E-state index in [1.54, 1.807) is 0 Å². The van der Waals surface area contributed by atoms with E-state index in [9.17, 15) is 4.39 Å². The number of alkyl halides is 1. The van der Waals surface area contributed by atoms with Crippen LogP contribution in [-0.2, 0) is 0 Å². The molecule has 1 N–H and O–H groups in total. The third-order valence-corrected chi connectivity index (χ3v) is 3.38. The largest absolute Gasteiger partial charge is 0.308 e. The van der Waals surface area contributed by atoms with Crippen LogP contribution in [0.15, 0.2) is 0 Å². The van der Waals surface area contributed by atoms with Gasteiger partial charge in [0, 0.05) is 12.1 Å². The molecular weight excluding hydrogens is 177 g/mol. The summed E-state index contributed by atoms with van der Waals surface area (Å²) in [7, 11) is 0. The van der Waals surface area contributed by atoms with Crippen LogP contribution >= 0.6 is 12.4 Å². The Kier molecular flexibility index (Phi) is 3.00. The maximum absolute atomic E-state index is 12.9. The third kappa shape index (κ3) is 1.60. The van der Waals surface area contributed by atoms with Crippen molar-refractivity contribution in [3.8, 4) is 0 Å². The highest BCUT2D eigenvalue weighted by molar-refractivity contribution is 5.85. The zero-order chi connectivity index (χ0) is 7.90. The Labute approximate surface area is 79.5 Å². The van der Waals surface area contributed by atoms with Gasteiger partial charge in [0.2, 0.25) is 0 Å². The highest BCUT2D eigenvalue weighted by Crippen LogP contribution is 2.40. The predicted octanol–water partition coefficient (Wildman–Crippen LogP) is 2.30. The molecule has 2 unspecified atom stereocenters. The van der Waals surface area contributed by atoms with Crippen LogP contribution in [0.3, 0.4) is 0 Å². The van der Waals surface area contributed by atoms with Gasteiger partial charge in [-0.25, -0.2) is 4.39 Å². The van der Waals surface area contributed by atoms with Crippen LogP contribution < -0.4 is 5.32 Å². The van der Waals surface area contributed by atoms with E-state index in [4.69, 9.17) is 0 Å². The molecule has 3 heteroatoms. The van der Waals surface area contributed by atoms with Crippen molar-refractivity contribution in [2.45, 2.75) is 44.3 Å². The minimum atomic E-state index is -0.597. The van der Waals surface area contributed by atoms with E-state index in [0.717, 1.165) is 12.3 Å². The van der Waals surface area contributed by atoms with Gasteiger partial charge in [-0.1, -0.05) is 6.42 Å². The molecule has 1 saturated heterocycles. The highest BCUT2D eigenvalue weighted by atomic mass is 35.5. The fourth-order valence-corrected chi connectivity index (χ4v) is 2.30. The summed E-state index contributed by atoms with van der Waals surface area (Å²) in [6.07, 6.45) is 4.09. The molecule has 72 valence electrons. The molecule has 0 bridgehead atoms. The molecule has 1 nitrogen and oxygen atoms in total. The minimum absolute atomic E-state index is 0. The molecule has 0 radical (unpaired) electrons. The van der Waals surface area contributed by atoms with Crippen molar-refractivity contribution in [3.63, 3.8) is 0 Å². The Hall–Kier alpha value is 0.180. The van der Waals surface area contributed by atoms with E-state index in [2.05, 4.69) is 12.2 Å². The SMILES string of the molecule is CC1(C2CCC2)CC(F)CN1.Cl. The lowest BCUT2D eigenvalue weighted by atomic mass is 9.71. The van der Waals surface area contributed by atoms with E-state index < -0.39 is 6.17 Å². The molecule has 2 fully saturated rings. The Morgan fingerprint density at radius 3 is 2.42 bits per heavy atom. The molecule has 2 rings (SSSR count). The average molecular weight is 194 g/mol. The molecule has 0 aromatic heterocycles. The Balaban J connectivity index is 0.000000720. The maximum atomic E-state index is 12.9. The lowest BCUT2D eigenvalue weighted by Crippen LogP contribution is -2.46. The summed E-state index contributed by atoms with van der Waals surface area (Å²) < 4.78 is 12.9. The second kappa shape index (κ2) is 3.51. The molecule has 1 aliphatic heterocycles. The lowest BCUT2D eigenvalue weighted by molar-refractivity contribution is 0.155. The molecule has 0 aromatic rings. The summed E-state index contributed by atoms with van der Waals surface area (Å²) in [6.45, 7) is 2.75. The Morgan fingerprint density at radius 1 is 1.42 bits per heavy atom.